The van der Waals surface area contributed by atoms with Gasteiger partial charge in [-0.05, 0) is 73.6 Å². The van der Waals surface area contributed by atoms with Gasteiger partial charge in [0.15, 0.2) is 0 Å². The van der Waals surface area contributed by atoms with E-state index in [-0.39, 0.29) is 18.3 Å². The first kappa shape index (κ1) is 19.5. The zero-order chi connectivity index (χ0) is 19.8. The average Bonchev–Trinajstić information content (AvgIpc) is 2.85. The van der Waals surface area contributed by atoms with Crippen LogP contribution in [0.5, 0.6) is 0 Å². The van der Waals surface area contributed by atoms with Crippen LogP contribution in [0, 0.1) is 13.8 Å². The zero-order valence-electron chi connectivity index (χ0n) is 15.8. The lowest BCUT2D eigenvalue weighted by atomic mass is 9.87. The quantitative estimate of drug-likeness (QED) is 0.706. The molecule has 2 aromatic carbocycles. The van der Waals surface area contributed by atoms with E-state index in [1.807, 2.05) is 50.2 Å². The first-order valence-electron chi connectivity index (χ1n) is 9.02. The molecule has 27 heavy (non-hydrogen) atoms. The van der Waals surface area contributed by atoms with E-state index < -0.39 is 5.54 Å². The predicted molar refractivity (Wildman–Crippen MR) is 109 cm³/mol. The van der Waals surface area contributed by atoms with Gasteiger partial charge in [-0.25, -0.2) is 0 Å². The van der Waals surface area contributed by atoms with E-state index in [0.29, 0.717) is 23.4 Å². The highest BCUT2D eigenvalue weighted by molar-refractivity contribution is 6.30. The Morgan fingerprint density at radius 2 is 1.78 bits per heavy atom. The maximum Gasteiger partial charge on any atom is 0.256 e. The van der Waals surface area contributed by atoms with Crippen molar-refractivity contribution in [1.82, 2.24) is 5.32 Å². The predicted octanol–water partition coefficient (Wildman–Crippen LogP) is 4.55. The molecule has 1 heterocycles. The second-order valence-corrected chi connectivity index (χ2v) is 7.71. The Morgan fingerprint density at radius 1 is 1.11 bits per heavy atom. The second-order valence-electron chi connectivity index (χ2n) is 7.27. The highest BCUT2D eigenvalue weighted by Gasteiger charge is 2.42. The van der Waals surface area contributed by atoms with Gasteiger partial charge >= 0.3 is 0 Å². The molecule has 1 amide bonds. The second kappa shape index (κ2) is 7.37. The fourth-order valence-corrected chi connectivity index (χ4v) is 3.90. The number of benzene rings is 2. The van der Waals surface area contributed by atoms with Crippen LogP contribution < -0.4 is 5.32 Å². The molecule has 0 bridgehead atoms. The van der Waals surface area contributed by atoms with Crippen LogP contribution in [0.15, 0.2) is 42.2 Å². The van der Waals surface area contributed by atoms with Gasteiger partial charge in [-0.3, -0.25) is 4.79 Å². The third kappa shape index (κ3) is 3.47. The lowest BCUT2D eigenvalue weighted by molar-refractivity contribution is -0.116. The van der Waals surface area contributed by atoms with Gasteiger partial charge in [-0.2, -0.15) is 0 Å². The highest BCUT2D eigenvalue weighted by Crippen LogP contribution is 2.39. The number of amides is 1. The van der Waals surface area contributed by atoms with Gasteiger partial charge in [-0.15, -0.1) is 0 Å². The number of rotatable bonds is 5. The maximum atomic E-state index is 12.8. The minimum Gasteiger partial charge on any atom is -0.509 e. The largest absolute Gasteiger partial charge is 0.509 e. The summed E-state index contributed by atoms with van der Waals surface area (Å²) in [5, 5.41) is 23.6. The van der Waals surface area contributed by atoms with Crippen molar-refractivity contribution in [3.63, 3.8) is 0 Å². The number of hydrogen-bond acceptors (Lipinski definition) is 3. The molecule has 0 saturated heterocycles. The molecule has 0 spiro atoms. The van der Waals surface area contributed by atoms with Crippen molar-refractivity contribution in [1.29, 1.82) is 0 Å². The van der Waals surface area contributed by atoms with Gasteiger partial charge in [0.1, 0.15) is 5.76 Å². The lowest BCUT2D eigenvalue weighted by Crippen LogP contribution is -2.41. The Morgan fingerprint density at radius 3 is 2.41 bits per heavy atom. The number of aliphatic hydroxyl groups is 2. The van der Waals surface area contributed by atoms with Gasteiger partial charge in [0.2, 0.25) is 0 Å². The summed E-state index contributed by atoms with van der Waals surface area (Å²) in [5.41, 5.74) is 4.06. The molecule has 4 nitrogen and oxygen atoms in total. The number of carbonyl (C=O) groups excluding carboxylic acids is 1. The number of aryl methyl sites for hydroxylation is 1. The van der Waals surface area contributed by atoms with Crippen LogP contribution in [-0.4, -0.2) is 28.3 Å². The Labute approximate surface area is 164 Å². The molecule has 0 radical (unpaired) electrons. The first-order chi connectivity index (χ1) is 12.8. The molecule has 0 saturated carbocycles. The van der Waals surface area contributed by atoms with Crippen molar-refractivity contribution in [2.24, 2.45) is 0 Å². The van der Waals surface area contributed by atoms with Crippen LogP contribution in [0.1, 0.15) is 36.5 Å². The number of aliphatic hydroxyl groups excluding tert-OH is 2. The summed E-state index contributed by atoms with van der Waals surface area (Å²) >= 11 is 6.00. The first-order valence-corrected chi connectivity index (χ1v) is 9.40. The van der Waals surface area contributed by atoms with Gasteiger partial charge in [-0.1, -0.05) is 35.9 Å². The summed E-state index contributed by atoms with van der Waals surface area (Å²) in [4.78, 5) is 12.8. The Kier molecular flexibility index (Phi) is 5.31. The van der Waals surface area contributed by atoms with Gasteiger partial charge in [0.05, 0.1) is 11.1 Å². The van der Waals surface area contributed by atoms with Crippen molar-refractivity contribution in [2.45, 2.75) is 39.2 Å². The molecule has 0 aromatic heterocycles. The minimum atomic E-state index is -0.857. The molecule has 1 aliphatic rings. The Hall–Kier alpha value is -2.30. The van der Waals surface area contributed by atoms with Gasteiger partial charge in [0.25, 0.3) is 5.91 Å². The van der Waals surface area contributed by atoms with E-state index in [1.54, 1.807) is 6.92 Å². The minimum absolute atomic E-state index is 0.0121. The van der Waals surface area contributed by atoms with Crippen molar-refractivity contribution < 1.29 is 15.0 Å². The summed E-state index contributed by atoms with van der Waals surface area (Å²) in [6.45, 7) is 5.70. The Bertz CT molecular complexity index is 918. The van der Waals surface area contributed by atoms with Gasteiger partial charge in [0, 0.05) is 11.6 Å². The normalized spacial score (nSPS) is 19.5. The summed E-state index contributed by atoms with van der Waals surface area (Å²) < 4.78 is 0. The molecule has 3 N–H and O–H groups in total. The number of carbonyl (C=O) groups is 1. The van der Waals surface area contributed by atoms with Crippen molar-refractivity contribution in [2.75, 3.05) is 6.61 Å². The summed E-state index contributed by atoms with van der Waals surface area (Å²) in [7, 11) is 0. The van der Waals surface area contributed by atoms with Crippen LogP contribution >= 0.6 is 11.6 Å². The van der Waals surface area contributed by atoms with Crippen LogP contribution in [-0.2, 0) is 4.79 Å². The average molecular weight is 386 g/mol. The van der Waals surface area contributed by atoms with Crippen molar-refractivity contribution >= 4 is 23.1 Å². The number of halogens is 1. The SMILES string of the molecule is Cc1ccc(-c2ccc(Cl)cc2)c(C)c1C1=C(O)C(C)(CCCO)NC1=O. The van der Waals surface area contributed by atoms with Crippen LogP contribution in [0.25, 0.3) is 16.7 Å². The standard InChI is InChI=1S/C22H24ClNO3/c1-13-5-10-17(15-6-8-16(23)9-7-15)14(2)18(13)19-20(26)22(3,11-4-12-25)24-21(19)27/h5-10,25-26H,4,11-12H2,1-3H3,(H,24,27). The monoisotopic (exact) mass is 385 g/mol. The zero-order valence-corrected chi connectivity index (χ0v) is 16.5. The van der Waals surface area contributed by atoms with Crippen LogP contribution in [0.2, 0.25) is 5.02 Å². The van der Waals surface area contributed by atoms with Crippen LogP contribution in [0.3, 0.4) is 0 Å². The number of nitrogens with one attached hydrogen (secondary N) is 1. The molecule has 1 unspecified atom stereocenters. The van der Waals surface area contributed by atoms with E-state index in [9.17, 15) is 9.90 Å². The third-order valence-corrected chi connectivity index (χ3v) is 5.54. The highest BCUT2D eigenvalue weighted by atomic mass is 35.5. The molecule has 2 aromatic rings. The molecule has 0 aliphatic carbocycles. The topological polar surface area (TPSA) is 69.6 Å². The maximum absolute atomic E-state index is 12.8. The van der Waals surface area contributed by atoms with E-state index in [0.717, 1.165) is 27.8 Å². The summed E-state index contributed by atoms with van der Waals surface area (Å²) in [6, 6.07) is 11.5. The van der Waals surface area contributed by atoms with Crippen molar-refractivity contribution in [3.8, 4) is 11.1 Å². The van der Waals surface area contributed by atoms with E-state index in [2.05, 4.69) is 5.32 Å². The number of hydrogen-bond donors (Lipinski definition) is 3. The molecular weight excluding hydrogens is 362 g/mol. The molecule has 142 valence electrons. The molecular formula is C22H24ClNO3. The molecule has 1 atom stereocenters. The fourth-order valence-electron chi connectivity index (χ4n) is 3.78. The fraction of sp³-hybridized carbons (Fsp3) is 0.318. The van der Waals surface area contributed by atoms with Gasteiger partial charge < -0.3 is 15.5 Å². The Balaban J connectivity index is 2.15. The third-order valence-electron chi connectivity index (χ3n) is 5.29. The van der Waals surface area contributed by atoms with E-state index in [4.69, 9.17) is 16.7 Å². The molecule has 5 heteroatoms. The molecule has 3 rings (SSSR count). The smallest absolute Gasteiger partial charge is 0.256 e. The lowest BCUT2D eigenvalue weighted by Gasteiger charge is -2.24. The summed E-state index contributed by atoms with van der Waals surface area (Å²) in [6.07, 6.45) is 0.969. The molecule has 0 fully saturated rings. The molecule has 1 aliphatic heterocycles. The summed E-state index contributed by atoms with van der Waals surface area (Å²) in [5.74, 6) is -0.243. The van der Waals surface area contributed by atoms with E-state index >= 15 is 0 Å². The van der Waals surface area contributed by atoms with E-state index in [1.165, 1.54) is 0 Å². The van der Waals surface area contributed by atoms with Crippen molar-refractivity contribution in [3.05, 3.63) is 63.9 Å². The van der Waals surface area contributed by atoms with Crippen LogP contribution in [0.4, 0.5) is 0 Å².